The fourth-order valence-electron chi connectivity index (χ4n) is 4.20. The number of carbonyl (C=O) groups is 3. The average molecular weight is 494 g/mol. The summed E-state index contributed by atoms with van der Waals surface area (Å²) in [6.07, 6.45) is 1.81. The zero-order valence-electron chi connectivity index (χ0n) is 19.1. The number of nitriles is 1. The zero-order chi connectivity index (χ0) is 25.2. The predicted octanol–water partition coefficient (Wildman–Crippen LogP) is 4.44. The first-order valence-corrected chi connectivity index (χ1v) is 12.2. The average Bonchev–Trinajstić information content (AvgIpc) is 3.40. The highest BCUT2D eigenvalue weighted by Crippen LogP contribution is 2.34. The maximum Gasteiger partial charge on any atom is 0.262 e. The van der Waals surface area contributed by atoms with Gasteiger partial charge in [0.2, 0.25) is 0 Å². The van der Waals surface area contributed by atoms with Crippen LogP contribution >= 0.6 is 11.8 Å². The summed E-state index contributed by atoms with van der Waals surface area (Å²) >= 11 is 1.32. The van der Waals surface area contributed by atoms with E-state index >= 15 is 0 Å². The highest BCUT2D eigenvalue weighted by Gasteiger charge is 2.43. The first-order valence-electron chi connectivity index (χ1n) is 11.0. The number of aromatic nitrogens is 2. The Bertz CT molecular complexity index is 1490. The SMILES string of the molecule is CSc1c(C#N)c(NC(=O)C(c2ccccc2)N2C(=O)c3ccccc3C2=O)nn1-c1ccccc1. The van der Waals surface area contributed by atoms with Crippen LogP contribution in [-0.2, 0) is 4.79 Å². The van der Waals surface area contributed by atoms with E-state index in [-0.39, 0.29) is 22.5 Å². The van der Waals surface area contributed by atoms with Crippen molar-refractivity contribution in [3.05, 3.63) is 107 Å². The van der Waals surface area contributed by atoms with E-state index in [1.807, 2.05) is 36.6 Å². The van der Waals surface area contributed by atoms with Crippen molar-refractivity contribution in [1.29, 1.82) is 5.26 Å². The highest BCUT2D eigenvalue weighted by molar-refractivity contribution is 7.98. The van der Waals surface area contributed by atoms with Gasteiger partial charge in [-0.1, -0.05) is 60.7 Å². The summed E-state index contributed by atoms with van der Waals surface area (Å²) in [6.45, 7) is 0. The van der Waals surface area contributed by atoms with Crippen LogP contribution in [0.4, 0.5) is 5.82 Å². The summed E-state index contributed by atoms with van der Waals surface area (Å²) in [4.78, 5) is 41.2. The van der Waals surface area contributed by atoms with Gasteiger partial charge in [-0.3, -0.25) is 19.3 Å². The van der Waals surface area contributed by atoms with Gasteiger partial charge in [0.15, 0.2) is 5.82 Å². The summed E-state index contributed by atoms with van der Waals surface area (Å²) < 4.78 is 1.58. The summed E-state index contributed by atoms with van der Waals surface area (Å²) in [7, 11) is 0. The van der Waals surface area contributed by atoms with Crippen LogP contribution in [0, 0.1) is 11.3 Å². The van der Waals surface area contributed by atoms with E-state index in [0.717, 1.165) is 10.6 Å². The van der Waals surface area contributed by atoms with E-state index < -0.39 is 23.8 Å². The molecular formula is C27H19N5O3S. The molecule has 3 aromatic carbocycles. The number of thioether (sulfide) groups is 1. The molecule has 0 radical (unpaired) electrons. The number of hydrogen-bond donors (Lipinski definition) is 1. The fraction of sp³-hybridized carbons (Fsp3) is 0.0741. The molecule has 0 spiro atoms. The number of amides is 3. The van der Waals surface area contributed by atoms with Crippen LogP contribution in [0.3, 0.4) is 0 Å². The van der Waals surface area contributed by atoms with E-state index in [1.54, 1.807) is 59.3 Å². The standard InChI is InChI=1S/C27H19N5O3S/c1-36-27-21(16-28)23(30-32(27)18-12-6-3-7-13-18)29-24(33)22(17-10-4-2-5-11-17)31-25(34)19-14-8-9-15-20(19)26(31)35/h2-15,22H,1H3,(H,29,30,33). The number of nitrogens with zero attached hydrogens (tertiary/aromatic N) is 4. The number of fused-ring (bicyclic) bond motifs is 1. The third-order valence-electron chi connectivity index (χ3n) is 5.84. The molecule has 1 unspecified atom stereocenters. The number of hydrogen-bond acceptors (Lipinski definition) is 6. The monoisotopic (exact) mass is 493 g/mol. The number of benzene rings is 3. The van der Waals surface area contributed by atoms with Gasteiger partial charge in [0.25, 0.3) is 17.7 Å². The van der Waals surface area contributed by atoms with Crippen molar-refractivity contribution in [1.82, 2.24) is 14.7 Å². The van der Waals surface area contributed by atoms with Gasteiger partial charge in [0.1, 0.15) is 22.7 Å². The largest absolute Gasteiger partial charge is 0.306 e. The molecule has 5 rings (SSSR count). The van der Waals surface area contributed by atoms with Gasteiger partial charge in [-0.05, 0) is 36.1 Å². The number of nitrogens with one attached hydrogen (secondary N) is 1. The number of imide groups is 1. The molecule has 1 aliphatic heterocycles. The summed E-state index contributed by atoms with van der Waals surface area (Å²) in [5.41, 5.74) is 1.85. The highest BCUT2D eigenvalue weighted by atomic mass is 32.2. The van der Waals surface area contributed by atoms with E-state index in [9.17, 15) is 19.6 Å². The van der Waals surface area contributed by atoms with Crippen molar-refractivity contribution >= 4 is 35.3 Å². The topological polar surface area (TPSA) is 108 Å². The van der Waals surface area contributed by atoms with Gasteiger partial charge in [-0.15, -0.1) is 16.9 Å². The van der Waals surface area contributed by atoms with Crippen LogP contribution in [0.1, 0.15) is 37.9 Å². The second kappa shape index (κ2) is 9.52. The first kappa shape index (κ1) is 23.1. The third kappa shape index (κ3) is 3.83. The van der Waals surface area contributed by atoms with Gasteiger partial charge < -0.3 is 5.32 Å². The second-order valence-electron chi connectivity index (χ2n) is 7.92. The van der Waals surface area contributed by atoms with Crippen molar-refractivity contribution < 1.29 is 14.4 Å². The molecule has 1 atom stereocenters. The van der Waals surface area contributed by atoms with Gasteiger partial charge in [-0.25, -0.2) is 4.68 Å². The van der Waals surface area contributed by atoms with Crippen LogP contribution < -0.4 is 5.32 Å². The Labute approximate surface area is 211 Å². The van der Waals surface area contributed by atoms with Gasteiger partial charge in [0.05, 0.1) is 16.8 Å². The lowest BCUT2D eigenvalue weighted by Gasteiger charge is -2.25. The van der Waals surface area contributed by atoms with Crippen LogP contribution in [0.25, 0.3) is 5.69 Å². The summed E-state index contributed by atoms with van der Waals surface area (Å²) in [5, 5.41) is 17.7. The molecule has 0 fully saturated rings. The first-order chi connectivity index (χ1) is 17.5. The minimum absolute atomic E-state index is 0.0493. The van der Waals surface area contributed by atoms with Crippen LogP contribution in [0.2, 0.25) is 0 Å². The van der Waals surface area contributed by atoms with Crippen molar-refractivity contribution in [2.45, 2.75) is 11.1 Å². The van der Waals surface area contributed by atoms with Crippen molar-refractivity contribution in [2.24, 2.45) is 0 Å². The Balaban J connectivity index is 1.57. The van der Waals surface area contributed by atoms with Crippen LogP contribution in [0.15, 0.2) is 90.0 Å². The molecule has 0 saturated carbocycles. The third-order valence-corrected chi connectivity index (χ3v) is 6.60. The summed E-state index contributed by atoms with van der Waals surface area (Å²) in [6, 6.07) is 25.2. The molecule has 1 aliphatic rings. The molecule has 1 N–H and O–H groups in total. The Morgan fingerprint density at radius 2 is 1.47 bits per heavy atom. The smallest absolute Gasteiger partial charge is 0.262 e. The Hall–Kier alpha value is -4.68. The molecule has 0 saturated heterocycles. The van der Waals surface area contributed by atoms with Gasteiger partial charge in [-0.2, -0.15) is 5.26 Å². The molecule has 2 heterocycles. The molecular weight excluding hydrogens is 474 g/mol. The summed E-state index contributed by atoms with van der Waals surface area (Å²) in [5.74, 6) is -1.72. The van der Waals surface area contributed by atoms with E-state index in [4.69, 9.17) is 0 Å². The quantitative estimate of drug-likeness (QED) is 0.314. The number of carbonyl (C=O) groups excluding carboxylic acids is 3. The molecule has 9 heteroatoms. The molecule has 8 nitrogen and oxygen atoms in total. The van der Waals surface area contributed by atoms with Gasteiger partial charge in [0, 0.05) is 0 Å². The lowest BCUT2D eigenvalue weighted by molar-refractivity contribution is -0.120. The van der Waals surface area contributed by atoms with Crippen molar-refractivity contribution in [2.75, 3.05) is 11.6 Å². The Kier molecular flexibility index (Phi) is 6.10. The van der Waals surface area contributed by atoms with E-state index in [2.05, 4.69) is 16.5 Å². The fourth-order valence-corrected chi connectivity index (χ4v) is 4.87. The lowest BCUT2D eigenvalue weighted by Crippen LogP contribution is -2.41. The van der Waals surface area contributed by atoms with Crippen LogP contribution in [-0.4, -0.2) is 38.7 Å². The number of para-hydroxylation sites is 1. The lowest BCUT2D eigenvalue weighted by atomic mass is 10.0. The molecule has 0 aliphatic carbocycles. The maximum absolute atomic E-state index is 13.7. The normalized spacial score (nSPS) is 13.3. The molecule has 0 bridgehead atoms. The molecule has 36 heavy (non-hydrogen) atoms. The minimum atomic E-state index is -1.26. The molecule has 176 valence electrons. The molecule has 3 amide bonds. The minimum Gasteiger partial charge on any atom is -0.306 e. The van der Waals surface area contributed by atoms with Crippen molar-refractivity contribution in [3.63, 3.8) is 0 Å². The maximum atomic E-state index is 13.7. The zero-order valence-corrected chi connectivity index (χ0v) is 19.9. The molecule has 4 aromatic rings. The Morgan fingerprint density at radius 1 is 0.917 bits per heavy atom. The van der Waals surface area contributed by atoms with E-state index in [1.165, 1.54) is 11.8 Å². The number of rotatable bonds is 6. The van der Waals surface area contributed by atoms with Crippen LogP contribution in [0.5, 0.6) is 0 Å². The number of anilines is 1. The Morgan fingerprint density at radius 3 is 2.03 bits per heavy atom. The van der Waals surface area contributed by atoms with E-state index in [0.29, 0.717) is 10.6 Å². The van der Waals surface area contributed by atoms with Crippen molar-refractivity contribution in [3.8, 4) is 11.8 Å². The molecule has 1 aromatic heterocycles. The predicted molar refractivity (Wildman–Crippen MR) is 135 cm³/mol. The second-order valence-corrected chi connectivity index (χ2v) is 8.72. The van der Waals surface area contributed by atoms with Gasteiger partial charge >= 0.3 is 0 Å².